The summed E-state index contributed by atoms with van der Waals surface area (Å²) in [5.41, 5.74) is 1.57. The summed E-state index contributed by atoms with van der Waals surface area (Å²) in [5.74, 6) is 1.65. The van der Waals surface area contributed by atoms with E-state index in [0.717, 1.165) is 62.8 Å². The highest BCUT2D eigenvalue weighted by atomic mass is 16.5. The molecule has 2 aromatic rings. The largest absolute Gasteiger partial charge is 0.495 e. The van der Waals surface area contributed by atoms with Crippen LogP contribution >= 0.6 is 0 Å². The molecule has 7 heteroatoms. The zero-order valence-corrected chi connectivity index (χ0v) is 17.0. The van der Waals surface area contributed by atoms with E-state index in [1.54, 1.807) is 12.0 Å². The zero-order chi connectivity index (χ0) is 19.9. The van der Waals surface area contributed by atoms with Gasteiger partial charge >= 0.3 is 0 Å². The molecule has 3 rings (SSSR count). The van der Waals surface area contributed by atoms with Crippen molar-refractivity contribution < 1.29 is 9.53 Å². The standard InChI is InChI=1S/C21H29N5O2/c1-4-5-10-24(2)21(27)17-15-20(23-16-22-17)26-13-11-25(12-14-26)18-8-6-7-9-19(18)28-3/h6-9,15-16H,4-5,10-14H2,1-3H3. The van der Waals surface area contributed by atoms with Crippen LogP contribution < -0.4 is 14.5 Å². The molecule has 0 spiro atoms. The van der Waals surface area contributed by atoms with Crippen LogP contribution in [0.25, 0.3) is 0 Å². The predicted octanol–water partition coefficient (Wildman–Crippen LogP) is 2.68. The second-order valence-electron chi connectivity index (χ2n) is 6.99. The van der Waals surface area contributed by atoms with Crippen molar-refractivity contribution >= 4 is 17.4 Å². The number of hydrogen-bond donors (Lipinski definition) is 0. The number of unbranched alkanes of at least 4 members (excludes halogenated alkanes) is 1. The minimum Gasteiger partial charge on any atom is -0.495 e. The van der Waals surface area contributed by atoms with Gasteiger partial charge in [-0.3, -0.25) is 4.79 Å². The van der Waals surface area contributed by atoms with E-state index < -0.39 is 0 Å². The molecule has 0 radical (unpaired) electrons. The summed E-state index contributed by atoms with van der Waals surface area (Å²) in [7, 11) is 3.53. The summed E-state index contributed by atoms with van der Waals surface area (Å²) >= 11 is 0. The number of methoxy groups -OCH3 is 1. The van der Waals surface area contributed by atoms with Crippen molar-refractivity contribution in [2.24, 2.45) is 0 Å². The molecule has 0 atom stereocenters. The topological polar surface area (TPSA) is 61.8 Å². The second-order valence-corrected chi connectivity index (χ2v) is 6.99. The van der Waals surface area contributed by atoms with E-state index in [4.69, 9.17) is 4.74 Å². The van der Waals surface area contributed by atoms with E-state index in [1.165, 1.54) is 6.33 Å². The molecule has 1 aromatic heterocycles. The lowest BCUT2D eigenvalue weighted by molar-refractivity contribution is 0.0787. The van der Waals surface area contributed by atoms with Crippen LogP contribution in [0.3, 0.4) is 0 Å². The van der Waals surface area contributed by atoms with Crippen LogP contribution in [-0.2, 0) is 0 Å². The van der Waals surface area contributed by atoms with Crippen LogP contribution in [0.4, 0.5) is 11.5 Å². The molecule has 150 valence electrons. The van der Waals surface area contributed by atoms with E-state index in [-0.39, 0.29) is 5.91 Å². The Kier molecular flexibility index (Phi) is 6.68. The number of nitrogens with zero attached hydrogens (tertiary/aromatic N) is 5. The van der Waals surface area contributed by atoms with Crippen LogP contribution in [0.5, 0.6) is 5.75 Å². The Bertz CT molecular complexity index is 790. The number of carbonyl (C=O) groups excluding carboxylic acids is 1. The quantitative estimate of drug-likeness (QED) is 0.733. The fourth-order valence-electron chi connectivity index (χ4n) is 3.40. The first-order valence-corrected chi connectivity index (χ1v) is 9.84. The lowest BCUT2D eigenvalue weighted by atomic mass is 10.2. The number of ether oxygens (including phenoxy) is 1. The first-order chi connectivity index (χ1) is 13.6. The van der Waals surface area contributed by atoms with Crippen molar-refractivity contribution in [1.29, 1.82) is 0 Å². The third kappa shape index (κ3) is 4.52. The van der Waals surface area contributed by atoms with Crippen molar-refractivity contribution in [2.75, 3.05) is 56.7 Å². The average molecular weight is 383 g/mol. The summed E-state index contributed by atoms with van der Waals surface area (Å²) in [4.78, 5) is 27.4. The second kappa shape index (κ2) is 9.39. The first kappa shape index (κ1) is 19.9. The maximum atomic E-state index is 12.6. The number of carbonyl (C=O) groups is 1. The summed E-state index contributed by atoms with van der Waals surface area (Å²) < 4.78 is 5.48. The maximum Gasteiger partial charge on any atom is 0.272 e. The summed E-state index contributed by atoms with van der Waals surface area (Å²) in [6, 6.07) is 9.89. The van der Waals surface area contributed by atoms with Gasteiger partial charge in [0.1, 0.15) is 23.6 Å². The summed E-state index contributed by atoms with van der Waals surface area (Å²) in [6.07, 6.45) is 3.54. The number of anilines is 2. The molecule has 1 aromatic carbocycles. The Morgan fingerprint density at radius 3 is 2.57 bits per heavy atom. The molecule has 28 heavy (non-hydrogen) atoms. The molecule has 1 saturated heterocycles. The van der Waals surface area contributed by atoms with E-state index in [0.29, 0.717) is 5.69 Å². The molecule has 1 aliphatic rings. The number of rotatable bonds is 7. The fourth-order valence-corrected chi connectivity index (χ4v) is 3.40. The maximum absolute atomic E-state index is 12.6. The highest BCUT2D eigenvalue weighted by molar-refractivity contribution is 5.92. The Labute approximate surface area is 166 Å². The monoisotopic (exact) mass is 383 g/mol. The number of hydrogen-bond acceptors (Lipinski definition) is 6. The van der Waals surface area contributed by atoms with Crippen molar-refractivity contribution in [2.45, 2.75) is 19.8 Å². The smallest absolute Gasteiger partial charge is 0.272 e. The van der Waals surface area contributed by atoms with Crippen LogP contribution in [0.15, 0.2) is 36.7 Å². The predicted molar refractivity (Wildman–Crippen MR) is 111 cm³/mol. The molecule has 1 aliphatic heterocycles. The molecule has 1 fully saturated rings. The lowest BCUT2D eigenvalue weighted by Gasteiger charge is -2.37. The summed E-state index contributed by atoms with van der Waals surface area (Å²) in [6.45, 7) is 6.24. The molecule has 0 N–H and O–H groups in total. The van der Waals surface area contributed by atoms with E-state index in [1.807, 2.05) is 31.3 Å². The van der Waals surface area contributed by atoms with Gasteiger partial charge < -0.3 is 19.4 Å². The van der Waals surface area contributed by atoms with Crippen LogP contribution in [-0.4, -0.2) is 67.7 Å². The third-order valence-corrected chi connectivity index (χ3v) is 5.10. The third-order valence-electron chi connectivity index (χ3n) is 5.10. The van der Waals surface area contributed by atoms with Crippen LogP contribution in [0, 0.1) is 0 Å². The normalized spacial score (nSPS) is 14.1. The van der Waals surface area contributed by atoms with Crippen LogP contribution in [0.1, 0.15) is 30.3 Å². The van der Waals surface area contributed by atoms with Gasteiger partial charge in [0.15, 0.2) is 0 Å². The molecular weight excluding hydrogens is 354 g/mol. The Hall–Kier alpha value is -2.83. The van der Waals surface area contributed by atoms with Gasteiger partial charge in [-0.05, 0) is 18.6 Å². The number of benzene rings is 1. The number of piperazine rings is 1. The molecule has 0 aliphatic carbocycles. The van der Waals surface area contributed by atoms with Gasteiger partial charge in [0, 0.05) is 45.8 Å². The Balaban J connectivity index is 1.65. The van der Waals surface area contributed by atoms with Crippen LogP contribution in [0.2, 0.25) is 0 Å². The van der Waals surface area contributed by atoms with E-state index >= 15 is 0 Å². The molecular formula is C21H29N5O2. The zero-order valence-electron chi connectivity index (χ0n) is 17.0. The van der Waals surface area contributed by atoms with Gasteiger partial charge in [0.2, 0.25) is 0 Å². The SMILES string of the molecule is CCCCN(C)C(=O)c1cc(N2CCN(c3ccccc3OC)CC2)ncn1. The van der Waals surface area contributed by atoms with Gasteiger partial charge in [-0.1, -0.05) is 25.5 Å². The van der Waals surface area contributed by atoms with Crippen molar-refractivity contribution in [3.63, 3.8) is 0 Å². The minimum atomic E-state index is -0.0512. The van der Waals surface area contributed by atoms with Crippen molar-refractivity contribution in [1.82, 2.24) is 14.9 Å². The van der Waals surface area contributed by atoms with Gasteiger partial charge in [-0.15, -0.1) is 0 Å². The van der Waals surface area contributed by atoms with E-state index in [9.17, 15) is 4.79 Å². The molecule has 7 nitrogen and oxygen atoms in total. The van der Waals surface area contributed by atoms with Gasteiger partial charge in [0.25, 0.3) is 5.91 Å². The lowest BCUT2D eigenvalue weighted by Crippen LogP contribution is -2.47. The number of para-hydroxylation sites is 2. The van der Waals surface area contributed by atoms with Crippen molar-refractivity contribution in [3.05, 3.63) is 42.4 Å². The van der Waals surface area contributed by atoms with Gasteiger partial charge in [-0.25, -0.2) is 9.97 Å². The molecule has 0 bridgehead atoms. The highest BCUT2D eigenvalue weighted by Gasteiger charge is 2.22. The van der Waals surface area contributed by atoms with Gasteiger partial charge in [-0.2, -0.15) is 0 Å². The number of aromatic nitrogens is 2. The highest BCUT2D eigenvalue weighted by Crippen LogP contribution is 2.29. The van der Waals surface area contributed by atoms with E-state index in [2.05, 4.69) is 32.8 Å². The fraction of sp³-hybridized carbons (Fsp3) is 0.476. The molecule has 0 saturated carbocycles. The molecule has 1 amide bonds. The molecule has 0 unspecified atom stereocenters. The minimum absolute atomic E-state index is 0.0512. The van der Waals surface area contributed by atoms with Crippen molar-refractivity contribution in [3.8, 4) is 5.75 Å². The summed E-state index contributed by atoms with van der Waals surface area (Å²) in [5, 5.41) is 0. The number of amides is 1. The van der Waals surface area contributed by atoms with Gasteiger partial charge in [0.05, 0.1) is 12.8 Å². The molecule has 2 heterocycles. The first-order valence-electron chi connectivity index (χ1n) is 9.84. The Morgan fingerprint density at radius 1 is 1.14 bits per heavy atom. The Morgan fingerprint density at radius 2 is 1.86 bits per heavy atom. The average Bonchev–Trinajstić information content (AvgIpc) is 2.77.